The highest BCUT2D eigenvalue weighted by molar-refractivity contribution is 6.06. The van der Waals surface area contributed by atoms with Gasteiger partial charge in [0.15, 0.2) is 0 Å². The van der Waals surface area contributed by atoms with Gasteiger partial charge in [-0.1, -0.05) is 69.3 Å². The molecule has 1 aromatic heterocycles. The van der Waals surface area contributed by atoms with Crippen molar-refractivity contribution in [2.24, 2.45) is 0 Å². The van der Waals surface area contributed by atoms with E-state index in [0.29, 0.717) is 5.82 Å². The average molecular weight is 620 g/mol. The Hall–Kier alpha value is -4.99. The van der Waals surface area contributed by atoms with Crippen molar-refractivity contribution in [1.82, 2.24) is 24.9 Å². The average Bonchev–Trinajstić information content (AvgIpc) is 3.69. The van der Waals surface area contributed by atoms with Gasteiger partial charge in [-0.25, -0.2) is 14.3 Å². The Bertz CT molecular complexity index is 1620. The Balaban J connectivity index is 0.00000126. The van der Waals surface area contributed by atoms with Crippen molar-refractivity contribution in [3.8, 4) is 5.69 Å². The van der Waals surface area contributed by atoms with Crippen LogP contribution >= 0.6 is 0 Å². The minimum absolute atomic E-state index is 0. The van der Waals surface area contributed by atoms with Crippen LogP contribution in [-0.4, -0.2) is 72.0 Å². The monoisotopic (exact) mass is 619 g/mol. The van der Waals surface area contributed by atoms with E-state index in [-0.39, 0.29) is 27.9 Å². The first-order valence-electron chi connectivity index (χ1n) is 14.8. The highest BCUT2D eigenvalue weighted by Crippen LogP contribution is 2.28. The number of aromatic nitrogens is 2. The molecule has 11 heteroatoms. The number of urea groups is 2. The number of fused-ring (bicyclic) bond motifs is 1. The molecule has 0 bridgehead atoms. The number of hydrogen-bond donors (Lipinski definition) is 3. The molecule has 1 fully saturated rings. The van der Waals surface area contributed by atoms with Gasteiger partial charge in [0.25, 0.3) is 0 Å². The summed E-state index contributed by atoms with van der Waals surface area (Å²) in [5, 5.41) is 15.5. The molecule has 4 amide bonds. The summed E-state index contributed by atoms with van der Waals surface area (Å²) in [7, 11) is 5.76. The number of carbonyl (C=O) groups is 2. The molecule has 0 aliphatic carbocycles. The van der Waals surface area contributed by atoms with Gasteiger partial charge in [0, 0.05) is 47.8 Å². The van der Waals surface area contributed by atoms with Gasteiger partial charge in [-0.15, -0.1) is 0 Å². The summed E-state index contributed by atoms with van der Waals surface area (Å²) < 4.78 is 1.81. The first kappa shape index (κ1) is 34.5. The summed E-state index contributed by atoms with van der Waals surface area (Å²) in [5.74, 6) is 0.625. The molecule has 1 saturated heterocycles. The number of anilines is 2. The SMILES string of the molecule is CN(C)Cc1cccc(-n2nc(C(C)(C)C)cc2NC(=O)Nc2cccc3ccccc23)c1.CNC(=O)N1CCCC1.O=C=O.[HH].[HH].[HH]. The molecule has 244 valence electrons. The number of amides is 4. The quantitative estimate of drug-likeness (QED) is 0.231. The third kappa shape index (κ3) is 10.0. The molecular weight excluding hydrogens is 570 g/mol. The lowest BCUT2D eigenvalue weighted by molar-refractivity contribution is -0.191. The molecule has 3 N–H and O–H groups in total. The van der Waals surface area contributed by atoms with E-state index < -0.39 is 0 Å². The van der Waals surface area contributed by atoms with Crippen LogP contribution in [0, 0.1) is 0 Å². The normalized spacial score (nSPS) is 12.4. The lowest BCUT2D eigenvalue weighted by Gasteiger charge is -2.14. The number of nitrogens with one attached hydrogen (secondary N) is 3. The standard InChI is InChI=1S/C27H31N5O.C6H12N2O.CO2.3H2/c1-27(2,3)24-17-25(32(30-24)21-13-8-10-19(16-21)18-31(4)5)29-26(33)28-23-15-9-12-20-11-6-7-14-22(20)23;1-7-6(9)8-4-2-3-5-8;2-1-3;;;/h6-17H,18H2,1-5H3,(H2,28,29,33);2-5H2,1H3,(H,7,9);;3*1H. The number of rotatable bonds is 5. The Morgan fingerprint density at radius 3 is 2.22 bits per heavy atom. The van der Waals surface area contributed by atoms with E-state index >= 15 is 0 Å². The second kappa shape index (κ2) is 16.2. The van der Waals surface area contributed by atoms with E-state index in [1.165, 1.54) is 5.56 Å². The largest absolute Gasteiger partial charge is 0.373 e. The lowest BCUT2D eigenvalue weighted by Crippen LogP contribution is -2.35. The zero-order valence-electron chi connectivity index (χ0n) is 26.9. The van der Waals surface area contributed by atoms with Gasteiger partial charge >= 0.3 is 18.2 Å². The maximum Gasteiger partial charge on any atom is 0.373 e. The van der Waals surface area contributed by atoms with E-state index in [0.717, 1.165) is 60.3 Å². The summed E-state index contributed by atoms with van der Waals surface area (Å²) >= 11 is 0. The minimum Gasteiger partial charge on any atom is -0.341 e. The van der Waals surface area contributed by atoms with Crippen molar-refractivity contribution < 1.29 is 23.5 Å². The van der Waals surface area contributed by atoms with E-state index in [2.05, 4.69) is 53.8 Å². The number of likely N-dealkylation sites (tertiary alicyclic amines) is 1. The van der Waals surface area contributed by atoms with Gasteiger partial charge < -0.3 is 20.4 Å². The Morgan fingerprint density at radius 1 is 0.933 bits per heavy atom. The molecule has 45 heavy (non-hydrogen) atoms. The molecule has 11 nitrogen and oxygen atoms in total. The van der Waals surface area contributed by atoms with Crippen LogP contribution in [0.4, 0.5) is 21.1 Å². The molecule has 0 saturated carbocycles. The fourth-order valence-electron chi connectivity index (χ4n) is 4.87. The predicted molar refractivity (Wildman–Crippen MR) is 183 cm³/mol. The molecule has 2 heterocycles. The molecule has 0 radical (unpaired) electrons. The molecule has 1 aliphatic heterocycles. The fraction of sp³-hybridized carbons (Fsp3) is 0.353. The zero-order valence-corrected chi connectivity index (χ0v) is 26.9. The molecule has 0 spiro atoms. The van der Waals surface area contributed by atoms with E-state index in [1.807, 2.05) is 84.3 Å². The fourth-order valence-corrected chi connectivity index (χ4v) is 4.87. The number of carbonyl (C=O) groups excluding carboxylic acids is 4. The van der Waals surface area contributed by atoms with Gasteiger partial charge in [0.05, 0.1) is 17.1 Å². The van der Waals surface area contributed by atoms with Crippen molar-refractivity contribution in [3.63, 3.8) is 0 Å². The van der Waals surface area contributed by atoms with E-state index in [1.54, 1.807) is 7.05 Å². The van der Waals surface area contributed by atoms with Crippen LogP contribution in [-0.2, 0) is 21.5 Å². The van der Waals surface area contributed by atoms with Crippen molar-refractivity contribution >= 4 is 40.5 Å². The van der Waals surface area contributed by atoms with E-state index in [4.69, 9.17) is 14.7 Å². The molecule has 4 aromatic rings. The molecule has 0 atom stereocenters. The third-order valence-electron chi connectivity index (χ3n) is 7.02. The second-order valence-electron chi connectivity index (χ2n) is 11.9. The van der Waals surface area contributed by atoms with Gasteiger partial charge in [0.2, 0.25) is 0 Å². The smallest absolute Gasteiger partial charge is 0.341 e. The second-order valence-corrected chi connectivity index (χ2v) is 11.9. The molecule has 0 unspecified atom stereocenters. The molecule has 3 aromatic carbocycles. The first-order valence-corrected chi connectivity index (χ1v) is 14.8. The third-order valence-corrected chi connectivity index (χ3v) is 7.02. The summed E-state index contributed by atoms with van der Waals surface area (Å²) in [4.78, 5) is 44.0. The molecular formula is C34H49N7O4. The highest BCUT2D eigenvalue weighted by atomic mass is 16.2. The van der Waals surface area contributed by atoms with Crippen LogP contribution in [0.2, 0.25) is 0 Å². The van der Waals surface area contributed by atoms with E-state index in [9.17, 15) is 9.59 Å². The summed E-state index contributed by atoms with van der Waals surface area (Å²) in [6.45, 7) is 9.03. The van der Waals surface area contributed by atoms with Gasteiger partial charge in [-0.05, 0) is 56.1 Å². The highest BCUT2D eigenvalue weighted by Gasteiger charge is 2.22. The summed E-state index contributed by atoms with van der Waals surface area (Å²) in [6.07, 6.45) is 2.57. The van der Waals surface area contributed by atoms with Crippen LogP contribution in [0.1, 0.15) is 49.2 Å². The van der Waals surface area contributed by atoms with Crippen molar-refractivity contribution in [3.05, 3.63) is 84.1 Å². The Kier molecular flexibility index (Phi) is 12.4. The van der Waals surface area contributed by atoms with Crippen molar-refractivity contribution in [2.75, 3.05) is 44.9 Å². The van der Waals surface area contributed by atoms with Crippen LogP contribution < -0.4 is 16.0 Å². The van der Waals surface area contributed by atoms with Crippen LogP contribution in [0.5, 0.6) is 0 Å². The molecule has 1 aliphatic rings. The molecule has 5 rings (SSSR count). The predicted octanol–water partition coefficient (Wildman–Crippen LogP) is 6.60. The lowest BCUT2D eigenvalue weighted by atomic mass is 9.92. The number of hydrogen-bond acceptors (Lipinski definition) is 6. The first-order chi connectivity index (χ1) is 21.5. The Morgan fingerprint density at radius 2 is 1.58 bits per heavy atom. The van der Waals surface area contributed by atoms with Crippen molar-refractivity contribution in [1.29, 1.82) is 0 Å². The van der Waals surface area contributed by atoms with Crippen LogP contribution in [0.3, 0.4) is 0 Å². The maximum absolute atomic E-state index is 13.0. The van der Waals surface area contributed by atoms with Gasteiger partial charge in [0.1, 0.15) is 5.82 Å². The summed E-state index contributed by atoms with van der Waals surface area (Å²) in [6, 6.07) is 23.8. The van der Waals surface area contributed by atoms with Gasteiger partial charge in [-0.3, -0.25) is 5.32 Å². The topological polar surface area (TPSA) is 129 Å². The van der Waals surface area contributed by atoms with Crippen molar-refractivity contribution in [2.45, 2.75) is 45.6 Å². The number of nitrogens with zero attached hydrogens (tertiary/aromatic N) is 4. The zero-order chi connectivity index (χ0) is 33.0. The minimum atomic E-state index is -0.308. The number of benzene rings is 3. The summed E-state index contributed by atoms with van der Waals surface area (Å²) in [5.41, 5.74) is 3.60. The maximum atomic E-state index is 13.0. The van der Waals surface area contributed by atoms with Gasteiger partial charge in [-0.2, -0.15) is 14.7 Å². The van der Waals surface area contributed by atoms with Crippen LogP contribution in [0.15, 0.2) is 72.8 Å². The Labute approximate surface area is 269 Å². The van der Waals surface area contributed by atoms with Crippen LogP contribution in [0.25, 0.3) is 16.5 Å².